The molecule has 0 bridgehead atoms. The normalized spacial score (nSPS) is 15.9. The highest BCUT2D eigenvalue weighted by molar-refractivity contribution is 5.94. The van der Waals surface area contributed by atoms with Gasteiger partial charge in [-0.2, -0.15) is 0 Å². The number of benzene rings is 1. The average molecular weight is 303 g/mol. The van der Waals surface area contributed by atoms with E-state index < -0.39 is 0 Å². The van der Waals surface area contributed by atoms with Crippen molar-refractivity contribution in [2.45, 2.75) is 51.5 Å². The lowest BCUT2D eigenvalue weighted by Crippen LogP contribution is -2.39. The van der Waals surface area contributed by atoms with Crippen LogP contribution in [0.5, 0.6) is 5.75 Å². The maximum atomic E-state index is 12.2. The van der Waals surface area contributed by atoms with Crippen LogP contribution in [0, 0.1) is 0 Å². The van der Waals surface area contributed by atoms with Gasteiger partial charge in [-0.05, 0) is 44.0 Å². The molecule has 1 aromatic rings. The molecule has 0 radical (unpaired) electrons. The first kappa shape index (κ1) is 16.5. The molecule has 1 amide bonds. The second kappa shape index (κ2) is 7.97. The van der Waals surface area contributed by atoms with Crippen LogP contribution in [0.1, 0.15) is 55.8 Å². The van der Waals surface area contributed by atoms with Gasteiger partial charge in [-0.25, -0.2) is 0 Å². The molecule has 1 aliphatic rings. The van der Waals surface area contributed by atoms with Crippen molar-refractivity contribution in [3.05, 3.63) is 29.8 Å². The van der Waals surface area contributed by atoms with E-state index in [1.807, 2.05) is 11.9 Å². The van der Waals surface area contributed by atoms with Crippen molar-refractivity contribution in [1.29, 1.82) is 0 Å². The number of ketones is 1. The molecule has 0 atom stereocenters. The summed E-state index contributed by atoms with van der Waals surface area (Å²) in [5, 5.41) is 0. The Hall–Kier alpha value is -1.84. The highest BCUT2D eigenvalue weighted by atomic mass is 16.5. The van der Waals surface area contributed by atoms with Gasteiger partial charge in [0, 0.05) is 18.7 Å². The Balaban J connectivity index is 1.84. The lowest BCUT2D eigenvalue weighted by molar-refractivity contribution is -0.134. The lowest BCUT2D eigenvalue weighted by Gasteiger charge is -2.27. The van der Waals surface area contributed by atoms with Gasteiger partial charge in [0.1, 0.15) is 5.75 Å². The predicted molar refractivity (Wildman–Crippen MR) is 86.2 cm³/mol. The minimum Gasteiger partial charge on any atom is -0.484 e. The molecule has 0 N–H and O–H groups in total. The molecule has 1 aromatic carbocycles. The summed E-state index contributed by atoms with van der Waals surface area (Å²) >= 11 is 0. The molecule has 0 aromatic heterocycles. The van der Waals surface area contributed by atoms with Gasteiger partial charge in [-0.15, -0.1) is 0 Å². The number of hydrogen-bond acceptors (Lipinski definition) is 3. The Labute approximate surface area is 132 Å². The summed E-state index contributed by atoms with van der Waals surface area (Å²) < 4.78 is 5.54. The van der Waals surface area contributed by atoms with E-state index in [1.54, 1.807) is 24.3 Å². The predicted octanol–water partition coefficient (Wildman–Crippen LogP) is 3.45. The van der Waals surface area contributed by atoms with Gasteiger partial charge in [-0.3, -0.25) is 9.59 Å². The summed E-state index contributed by atoms with van der Waals surface area (Å²) in [6, 6.07) is 7.25. The molecule has 1 aliphatic carbocycles. The average Bonchev–Trinajstić information content (AvgIpc) is 2.81. The van der Waals surface area contributed by atoms with Crippen molar-refractivity contribution >= 4 is 11.7 Å². The smallest absolute Gasteiger partial charge is 0.260 e. The third-order valence-corrected chi connectivity index (χ3v) is 4.39. The van der Waals surface area contributed by atoms with Crippen LogP contribution in [0.25, 0.3) is 0 Å². The molecule has 0 spiro atoms. The minimum absolute atomic E-state index is 0.0162. The van der Waals surface area contributed by atoms with Crippen LogP contribution in [-0.4, -0.2) is 36.3 Å². The van der Waals surface area contributed by atoms with E-state index in [2.05, 4.69) is 0 Å². The summed E-state index contributed by atoms with van der Waals surface area (Å²) in [6.45, 7) is 1.58. The highest BCUT2D eigenvalue weighted by Crippen LogP contribution is 2.21. The summed E-state index contributed by atoms with van der Waals surface area (Å²) in [5.74, 6) is 0.658. The third kappa shape index (κ3) is 4.58. The van der Waals surface area contributed by atoms with Crippen LogP contribution in [0.3, 0.4) is 0 Å². The van der Waals surface area contributed by atoms with E-state index >= 15 is 0 Å². The molecular weight excluding hydrogens is 278 g/mol. The standard InChI is InChI=1S/C18H25NO3/c1-14(20)15-9-11-17(12-10-15)22-13-18(21)19(2)16-7-5-3-4-6-8-16/h9-12,16H,3-8,13H2,1-2H3. The molecule has 2 rings (SSSR count). The van der Waals surface area contributed by atoms with Gasteiger partial charge in [0.25, 0.3) is 5.91 Å². The number of carbonyl (C=O) groups is 2. The van der Waals surface area contributed by atoms with Gasteiger partial charge in [0.15, 0.2) is 12.4 Å². The molecule has 0 heterocycles. The Morgan fingerprint density at radius 3 is 2.23 bits per heavy atom. The maximum absolute atomic E-state index is 12.2. The van der Waals surface area contributed by atoms with Crippen LogP contribution in [0.4, 0.5) is 0 Å². The summed E-state index contributed by atoms with van der Waals surface area (Å²) in [7, 11) is 1.88. The zero-order chi connectivity index (χ0) is 15.9. The first-order chi connectivity index (χ1) is 10.6. The zero-order valence-electron chi connectivity index (χ0n) is 13.5. The number of ether oxygens (including phenoxy) is 1. The van der Waals surface area contributed by atoms with Gasteiger partial charge in [0.05, 0.1) is 0 Å². The van der Waals surface area contributed by atoms with Crippen molar-refractivity contribution in [2.75, 3.05) is 13.7 Å². The van der Waals surface area contributed by atoms with E-state index in [9.17, 15) is 9.59 Å². The van der Waals surface area contributed by atoms with E-state index in [-0.39, 0.29) is 18.3 Å². The number of amides is 1. The van der Waals surface area contributed by atoms with Gasteiger partial charge >= 0.3 is 0 Å². The fraction of sp³-hybridized carbons (Fsp3) is 0.556. The number of carbonyl (C=O) groups excluding carboxylic acids is 2. The van der Waals surface area contributed by atoms with Crippen LogP contribution in [-0.2, 0) is 4.79 Å². The van der Waals surface area contributed by atoms with Crippen molar-refractivity contribution in [1.82, 2.24) is 4.90 Å². The summed E-state index contributed by atoms with van der Waals surface area (Å²) in [6.07, 6.45) is 7.14. The second-order valence-electron chi connectivity index (χ2n) is 6.02. The fourth-order valence-corrected chi connectivity index (χ4v) is 2.88. The molecule has 0 unspecified atom stereocenters. The first-order valence-corrected chi connectivity index (χ1v) is 8.07. The van der Waals surface area contributed by atoms with Gasteiger partial charge < -0.3 is 9.64 Å². The highest BCUT2D eigenvalue weighted by Gasteiger charge is 2.21. The Morgan fingerprint density at radius 2 is 1.68 bits per heavy atom. The van der Waals surface area contributed by atoms with Crippen molar-refractivity contribution in [3.63, 3.8) is 0 Å². The Morgan fingerprint density at radius 1 is 1.09 bits per heavy atom. The zero-order valence-corrected chi connectivity index (χ0v) is 13.5. The monoisotopic (exact) mass is 303 g/mol. The van der Waals surface area contributed by atoms with Crippen LogP contribution in [0.15, 0.2) is 24.3 Å². The number of hydrogen-bond donors (Lipinski definition) is 0. The fourth-order valence-electron chi connectivity index (χ4n) is 2.88. The summed E-state index contributed by atoms with van der Waals surface area (Å²) in [4.78, 5) is 25.3. The van der Waals surface area contributed by atoms with E-state index in [0.717, 1.165) is 12.8 Å². The molecule has 0 saturated heterocycles. The van der Waals surface area contributed by atoms with Crippen LogP contribution in [0.2, 0.25) is 0 Å². The second-order valence-corrected chi connectivity index (χ2v) is 6.02. The van der Waals surface area contributed by atoms with Crippen LogP contribution >= 0.6 is 0 Å². The minimum atomic E-state index is 0.0162. The van der Waals surface area contributed by atoms with Crippen molar-refractivity contribution in [2.24, 2.45) is 0 Å². The molecular formula is C18H25NO3. The number of rotatable bonds is 5. The quantitative estimate of drug-likeness (QED) is 0.618. The molecule has 4 heteroatoms. The molecule has 120 valence electrons. The number of likely N-dealkylation sites (N-methyl/N-ethyl adjacent to an activating group) is 1. The largest absolute Gasteiger partial charge is 0.484 e. The number of nitrogens with zero attached hydrogens (tertiary/aromatic N) is 1. The van der Waals surface area contributed by atoms with Crippen LogP contribution < -0.4 is 4.74 Å². The van der Waals surface area contributed by atoms with Gasteiger partial charge in [-0.1, -0.05) is 25.7 Å². The Bertz CT molecular complexity index is 502. The first-order valence-electron chi connectivity index (χ1n) is 8.07. The summed E-state index contributed by atoms with van der Waals surface area (Å²) in [5.41, 5.74) is 0.647. The van der Waals surface area contributed by atoms with Crippen molar-refractivity contribution in [3.8, 4) is 5.75 Å². The van der Waals surface area contributed by atoms with Gasteiger partial charge in [0.2, 0.25) is 0 Å². The molecule has 1 fully saturated rings. The SMILES string of the molecule is CC(=O)c1ccc(OCC(=O)N(C)C2CCCCCC2)cc1. The third-order valence-electron chi connectivity index (χ3n) is 4.39. The maximum Gasteiger partial charge on any atom is 0.260 e. The molecule has 0 aliphatic heterocycles. The Kier molecular flexibility index (Phi) is 5.99. The number of Topliss-reactive ketones (excluding diaryl/α,β-unsaturated/α-hetero) is 1. The van der Waals surface area contributed by atoms with E-state index in [1.165, 1.54) is 32.6 Å². The molecule has 4 nitrogen and oxygen atoms in total. The van der Waals surface area contributed by atoms with E-state index in [4.69, 9.17) is 4.74 Å². The van der Waals surface area contributed by atoms with Crippen molar-refractivity contribution < 1.29 is 14.3 Å². The topological polar surface area (TPSA) is 46.6 Å². The molecule has 1 saturated carbocycles. The van der Waals surface area contributed by atoms with E-state index in [0.29, 0.717) is 17.4 Å². The lowest BCUT2D eigenvalue weighted by atomic mass is 10.1. The molecule has 22 heavy (non-hydrogen) atoms.